The zero-order valence-corrected chi connectivity index (χ0v) is 12.8. The second-order valence-corrected chi connectivity index (χ2v) is 7.64. The van der Waals surface area contributed by atoms with Crippen molar-refractivity contribution in [3.05, 3.63) is 0 Å². The van der Waals surface area contributed by atoms with E-state index in [1.807, 2.05) is 4.90 Å². The Morgan fingerprint density at radius 3 is 2.15 bits per heavy atom. The zero-order chi connectivity index (χ0) is 14.2. The van der Waals surface area contributed by atoms with E-state index in [0.29, 0.717) is 17.7 Å². The molecule has 4 aliphatic rings. The Balaban J connectivity index is 1.63. The zero-order valence-electron chi connectivity index (χ0n) is 12.8. The molecule has 20 heavy (non-hydrogen) atoms. The first kappa shape index (κ1) is 14.4. The third-order valence-corrected chi connectivity index (χ3v) is 6.01. The highest BCUT2D eigenvalue weighted by molar-refractivity contribution is 5.77. The molecule has 0 unspecified atom stereocenters. The SMILES string of the molecule is CCN(CCCO)C(=O)CC12CC3CC(CC(C3)C1)C2. The summed E-state index contributed by atoms with van der Waals surface area (Å²) in [5, 5.41) is 8.96. The van der Waals surface area contributed by atoms with E-state index in [0.717, 1.165) is 37.3 Å². The van der Waals surface area contributed by atoms with Crippen LogP contribution in [0, 0.1) is 23.2 Å². The van der Waals surface area contributed by atoms with E-state index in [4.69, 9.17) is 5.11 Å². The number of carbonyl (C=O) groups is 1. The smallest absolute Gasteiger partial charge is 0.223 e. The van der Waals surface area contributed by atoms with Crippen LogP contribution in [-0.4, -0.2) is 35.6 Å². The number of amides is 1. The average molecular weight is 279 g/mol. The Hall–Kier alpha value is -0.570. The minimum Gasteiger partial charge on any atom is -0.396 e. The average Bonchev–Trinajstić information content (AvgIpc) is 2.37. The van der Waals surface area contributed by atoms with Gasteiger partial charge in [0.25, 0.3) is 0 Å². The van der Waals surface area contributed by atoms with Crippen molar-refractivity contribution >= 4 is 5.91 Å². The van der Waals surface area contributed by atoms with Gasteiger partial charge >= 0.3 is 0 Å². The molecule has 0 heterocycles. The van der Waals surface area contributed by atoms with E-state index in [-0.39, 0.29) is 6.61 Å². The third kappa shape index (κ3) is 2.74. The molecule has 3 heteroatoms. The summed E-state index contributed by atoms with van der Waals surface area (Å²) in [5.41, 5.74) is 0.346. The molecule has 4 bridgehead atoms. The van der Waals surface area contributed by atoms with E-state index in [9.17, 15) is 4.79 Å². The summed E-state index contributed by atoms with van der Waals surface area (Å²) in [6.07, 6.45) is 9.73. The summed E-state index contributed by atoms with van der Waals surface area (Å²) in [6.45, 7) is 3.74. The van der Waals surface area contributed by atoms with Gasteiger partial charge in [0.2, 0.25) is 5.91 Å². The number of carbonyl (C=O) groups excluding carboxylic acids is 1. The molecule has 0 spiro atoms. The maximum Gasteiger partial charge on any atom is 0.223 e. The van der Waals surface area contributed by atoms with Crippen LogP contribution in [0.3, 0.4) is 0 Å². The normalized spacial score (nSPS) is 38.2. The molecular weight excluding hydrogens is 250 g/mol. The maximum absolute atomic E-state index is 12.6. The van der Waals surface area contributed by atoms with Gasteiger partial charge in [0.15, 0.2) is 0 Å². The van der Waals surface area contributed by atoms with E-state index < -0.39 is 0 Å². The molecule has 3 nitrogen and oxygen atoms in total. The summed E-state index contributed by atoms with van der Waals surface area (Å²) < 4.78 is 0. The standard InChI is InChI=1S/C17H29NO2/c1-2-18(4-3-5-19)16(20)12-17-9-13-6-14(10-17)8-15(7-13)11-17/h13-15,19H,2-12H2,1H3. The molecule has 0 radical (unpaired) electrons. The molecule has 1 amide bonds. The van der Waals surface area contributed by atoms with Gasteiger partial charge in [0, 0.05) is 26.1 Å². The number of aliphatic hydroxyl groups excluding tert-OH is 1. The molecule has 0 aliphatic heterocycles. The van der Waals surface area contributed by atoms with Crippen LogP contribution in [0.5, 0.6) is 0 Å². The summed E-state index contributed by atoms with van der Waals surface area (Å²) in [6, 6.07) is 0. The quantitative estimate of drug-likeness (QED) is 0.812. The van der Waals surface area contributed by atoms with Gasteiger partial charge < -0.3 is 10.0 Å². The molecule has 0 aromatic carbocycles. The monoisotopic (exact) mass is 279 g/mol. The predicted octanol–water partition coefficient (Wildman–Crippen LogP) is 2.82. The number of hydrogen-bond donors (Lipinski definition) is 1. The Morgan fingerprint density at radius 1 is 1.15 bits per heavy atom. The molecule has 1 N–H and O–H groups in total. The lowest BCUT2D eigenvalue weighted by atomic mass is 9.49. The van der Waals surface area contributed by atoms with Crippen LogP contribution in [0.25, 0.3) is 0 Å². The second kappa shape index (κ2) is 5.67. The number of nitrogens with zero attached hydrogens (tertiary/aromatic N) is 1. The Kier molecular flexibility index (Phi) is 4.07. The Labute approximate surface area is 122 Å². The lowest BCUT2D eigenvalue weighted by molar-refractivity contribution is -0.139. The maximum atomic E-state index is 12.6. The molecule has 0 aromatic heterocycles. The number of hydrogen-bond acceptors (Lipinski definition) is 2. The van der Waals surface area contributed by atoms with E-state index >= 15 is 0 Å². The summed E-state index contributed by atoms with van der Waals surface area (Å²) in [5.74, 6) is 3.09. The van der Waals surface area contributed by atoms with Gasteiger partial charge in [-0.25, -0.2) is 0 Å². The second-order valence-electron chi connectivity index (χ2n) is 7.64. The van der Waals surface area contributed by atoms with Gasteiger partial charge in [-0.05, 0) is 75.0 Å². The van der Waals surface area contributed by atoms with Crippen LogP contribution in [0.1, 0.15) is 58.3 Å². The summed E-state index contributed by atoms with van der Waals surface area (Å²) in [4.78, 5) is 14.6. The predicted molar refractivity (Wildman–Crippen MR) is 79.2 cm³/mol. The Morgan fingerprint density at radius 2 is 1.70 bits per heavy atom. The van der Waals surface area contributed by atoms with Crippen LogP contribution in [0.4, 0.5) is 0 Å². The van der Waals surface area contributed by atoms with Gasteiger partial charge in [-0.3, -0.25) is 4.79 Å². The minimum absolute atomic E-state index is 0.182. The molecule has 114 valence electrons. The fourth-order valence-electron chi connectivity index (χ4n) is 5.66. The number of rotatable bonds is 6. The van der Waals surface area contributed by atoms with Crippen LogP contribution >= 0.6 is 0 Å². The lowest BCUT2D eigenvalue weighted by Gasteiger charge is -2.57. The first-order valence-electron chi connectivity index (χ1n) is 8.53. The van der Waals surface area contributed by atoms with Crippen molar-refractivity contribution < 1.29 is 9.90 Å². The third-order valence-electron chi connectivity index (χ3n) is 6.01. The van der Waals surface area contributed by atoms with Crippen LogP contribution in [-0.2, 0) is 4.79 Å². The minimum atomic E-state index is 0.182. The highest BCUT2D eigenvalue weighted by atomic mass is 16.3. The van der Waals surface area contributed by atoms with Crippen molar-refractivity contribution in [1.82, 2.24) is 4.90 Å². The van der Waals surface area contributed by atoms with Crippen molar-refractivity contribution in [2.45, 2.75) is 58.3 Å². The van der Waals surface area contributed by atoms with E-state index in [1.54, 1.807) is 0 Å². The summed E-state index contributed by atoms with van der Waals surface area (Å²) in [7, 11) is 0. The van der Waals surface area contributed by atoms with Crippen molar-refractivity contribution in [3.63, 3.8) is 0 Å². The van der Waals surface area contributed by atoms with Gasteiger partial charge in [-0.1, -0.05) is 0 Å². The fourth-order valence-corrected chi connectivity index (χ4v) is 5.66. The van der Waals surface area contributed by atoms with Gasteiger partial charge in [0.1, 0.15) is 0 Å². The topological polar surface area (TPSA) is 40.5 Å². The summed E-state index contributed by atoms with van der Waals surface area (Å²) >= 11 is 0. The van der Waals surface area contributed by atoms with Gasteiger partial charge in [-0.15, -0.1) is 0 Å². The molecule has 4 fully saturated rings. The van der Waals surface area contributed by atoms with Crippen molar-refractivity contribution in [3.8, 4) is 0 Å². The van der Waals surface area contributed by atoms with Gasteiger partial charge in [0.05, 0.1) is 0 Å². The van der Waals surface area contributed by atoms with Crippen molar-refractivity contribution in [1.29, 1.82) is 0 Å². The first-order chi connectivity index (χ1) is 9.64. The number of aliphatic hydroxyl groups is 1. The molecule has 4 saturated carbocycles. The molecule has 0 saturated heterocycles. The highest BCUT2D eigenvalue weighted by Gasteiger charge is 2.51. The largest absolute Gasteiger partial charge is 0.396 e. The fraction of sp³-hybridized carbons (Fsp3) is 0.941. The van der Waals surface area contributed by atoms with Crippen LogP contribution < -0.4 is 0 Å². The van der Waals surface area contributed by atoms with Gasteiger partial charge in [-0.2, -0.15) is 0 Å². The molecule has 0 aromatic rings. The van der Waals surface area contributed by atoms with E-state index in [1.165, 1.54) is 38.5 Å². The lowest BCUT2D eigenvalue weighted by Crippen LogP contribution is -2.48. The molecule has 4 aliphatic carbocycles. The molecular formula is C17H29NO2. The Bertz CT molecular complexity index is 331. The van der Waals surface area contributed by atoms with Crippen molar-refractivity contribution in [2.24, 2.45) is 23.2 Å². The van der Waals surface area contributed by atoms with Crippen LogP contribution in [0.15, 0.2) is 0 Å². The molecule has 0 atom stereocenters. The van der Waals surface area contributed by atoms with Crippen molar-refractivity contribution in [2.75, 3.05) is 19.7 Å². The highest BCUT2D eigenvalue weighted by Crippen LogP contribution is 2.61. The van der Waals surface area contributed by atoms with Crippen LogP contribution in [0.2, 0.25) is 0 Å². The van der Waals surface area contributed by atoms with E-state index in [2.05, 4.69) is 6.92 Å². The molecule has 4 rings (SSSR count). The first-order valence-corrected chi connectivity index (χ1v) is 8.53.